The molecule has 0 unspecified atom stereocenters. The normalized spacial score (nSPS) is 12.4. The summed E-state index contributed by atoms with van der Waals surface area (Å²) in [4.78, 5) is 15.1. The van der Waals surface area contributed by atoms with Gasteiger partial charge in [0.15, 0.2) is 0 Å². The van der Waals surface area contributed by atoms with Crippen LogP contribution in [0.25, 0.3) is 126 Å². The van der Waals surface area contributed by atoms with Crippen molar-refractivity contribution in [2.75, 3.05) is 0 Å². The molecule has 0 amide bonds. The van der Waals surface area contributed by atoms with Crippen LogP contribution in [0.15, 0.2) is 205 Å². The van der Waals surface area contributed by atoms with Crippen LogP contribution in [0.2, 0.25) is 0 Å². The highest BCUT2D eigenvalue weighted by atomic mass is 16.1. The number of fused-ring (bicyclic) bond motifs is 15. The lowest BCUT2D eigenvalue weighted by molar-refractivity contribution is 1.07. The minimum Gasteiger partial charge on any atom is -0.309 e. The molecule has 0 radical (unpaired) electrons. The number of aromatic nitrogens is 3. The third-order valence-corrected chi connectivity index (χ3v) is 13.5. The summed E-state index contributed by atoms with van der Waals surface area (Å²) in [6, 6.07) is 69.9. The van der Waals surface area contributed by atoms with Gasteiger partial charge in [0.1, 0.15) is 0 Å². The summed E-state index contributed by atoms with van der Waals surface area (Å²) in [5.41, 5.74) is 10.5. The molecule has 296 valence electrons. The van der Waals surface area contributed by atoms with Crippen molar-refractivity contribution in [1.82, 2.24) is 13.7 Å². The maximum atomic E-state index is 15.1. The minimum atomic E-state index is -0.0295. The van der Waals surface area contributed by atoms with E-state index in [1.54, 1.807) is 0 Å². The highest BCUT2D eigenvalue weighted by molar-refractivity contribution is 6.26. The van der Waals surface area contributed by atoms with Crippen LogP contribution in [0, 0.1) is 0 Å². The van der Waals surface area contributed by atoms with Crippen LogP contribution in [-0.2, 0) is 0 Å². The smallest absolute Gasteiger partial charge is 0.263 e. The van der Waals surface area contributed by atoms with Crippen LogP contribution in [0.4, 0.5) is 0 Å². The van der Waals surface area contributed by atoms with Crippen molar-refractivity contribution in [2.24, 2.45) is 0 Å². The maximum absolute atomic E-state index is 15.1. The highest BCUT2D eigenvalue weighted by Crippen LogP contribution is 2.42. The molecule has 4 heteroatoms. The van der Waals surface area contributed by atoms with Crippen molar-refractivity contribution in [1.29, 1.82) is 0 Å². The predicted molar refractivity (Wildman–Crippen MR) is 268 cm³/mol. The summed E-state index contributed by atoms with van der Waals surface area (Å²) >= 11 is 0. The van der Waals surface area contributed by atoms with Crippen molar-refractivity contribution in [2.45, 2.75) is 13.8 Å². The van der Waals surface area contributed by atoms with E-state index >= 15 is 4.79 Å². The monoisotopic (exact) mass is 805 g/mol. The molecule has 4 nitrogen and oxygen atoms in total. The second-order valence-electron chi connectivity index (χ2n) is 16.8. The molecule has 0 saturated carbocycles. The molecule has 63 heavy (non-hydrogen) atoms. The van der Waals surface area contributed by atoms with Crippen LogP contribution in [0.5, 0.6) is 0 Å². The Morgan fingerprint density at radius 3 is 1.41 bits per heavy atom. The number of rotatable bonds is 4. The summed E-state index contributed by atoms with van der Waals surface area (Å²) < 4.78 is 6.56. The van der Waals surface area contributed by atoms with E-state index in [4.69, 9.17) is 0 Å². The molecule has 0 atom stereocenters. The number of benzene rings is 10. The van der Waals surface area contributed by atoms with Gasteiger partial charge in [0.2, 0.25) is 0 Å². The quantitative estimate of drug-likeness (QED) is 0.163. The first-order chi connectivity index (χ1) is 31.1. The molecule has 0 bridgehead atoms. The van der Waals surface area contributed by atoms with Crippen LogP contribution >= 0.6 is 0 Å². The van der Waals surface area contributed by atoms with Crippen LogP contribution in [0.3, 0.4) is 0 Å². The van der Waals surface area contributed by atoms with Crippen molar-refractivity contribution < 1.29 is 0 Å². The molecule has 10 aromatic carbocycles. The maximum Gasteiger partial charge on any atom is 0.263 e. The zero-order valence-corrected chi connectivity index (χ0v) is 34.8. The largest absolute Gasteiger partial charge is 0.309 e. The van der Waals surface area contributed by atoms with E-state index in [-0.39, 0.29) is 5.56 Å². The van der Waals surface area contributed by atoms with Gasteiger partial charge in [-0.1, -0.05) is 127 Å². The van der Waals surface area contributed by atoms with Crippen LogP contribution in [0.1, 0.15) is 13.8 Å². The standard InChI is InChI=1S/C59H39N3O/c1-3-36(2)60-57-35-58-50(46-24-14-15-25-54(46)61(58)39-16-6-4-7-17-39)33-51(57)48-32-52-49-31-38(27-29-55(49)62(40-18-8-5-9-19-40)56(52)34-53(48)59(60)63)37-26-28-45-43-22-11-10-20-41(43)42-21-12-13-23-44(42)47(45)30-37/h3-35H,1-2H3/b36-3+. The Bertz CT molecular complexity index is 4130. The fourth-order valence-corrected chi connectivity index (χ4v) is 10.6. The van der Waals surface area contributed by atoms with Gasteiger partial charge < -0.3 is 9.13 Å². The molecule has 0 N–H and O–H groups in total. The summed E-state index contributed by atoms with van der Waals surface area (Å²) in [6.45, 7) is 4.04. The number of hydrogen-bond donors (Lipinski definition) is 0. The van der Waals surface area contributed by atoms with Crippen LogP contribution < -0.4 is 5.56 Å². The highest BCUT2D eigenvalue weighted by Gasteiger charge is 2.22. The second kappa shape index (κ2) is 13.4. The van der Waals surface area contributed by atoms with Gasteiger partial charge in [0, 0.05) is 44.0 Å². The first-order valence-electron chi connectivity index (χ1n) is 21.7. The summed E-state index contributed by atoms with van der Waals surface area (Å²) in [5.74, 6) is 0. The molecule has 0 aliphatic carbocycles. The molecular weight excluding hydrogens is 767 g/mol. The topological polar surface area (TPSA) is 31.9 Å². The van der Waals surface area contributed by atoms with E-state index in [1.807, 2.05) is 24.5 Å². The first-order valence-corrected chi connectivity index (χ1v) is 21.7. The fraction of sp³-hybridized carbons (Fsp3) is 0.0339. The van der Waals surface area contributed by atoms with E-state index in [1.165, 1.54) is 43.3 Å². The third-order valence-electron chi connectivity index (χ3n) is 13.5. The Balaban J connectivity index is 1.14. The van der Waals surface area contributed by atoms with Gasteiger partial charge in [0.25, 0.3) is 5.56 Å². The van der Waals surface area contributed by atoms with Gasteiger partial charge in [-0.25, -0.2) is 0 Å². The number of hydrogen-bond acceptors (Lipinski definition) is 1. The molecule has 3 heterocycles. The first kappa shape index (κ1) is 35.5. The molecule has 3 aromatic heterocycles. The lowest BCUT2D eigenvalue weighted by atomic mass is 9.92. The number of nitrogens with zero attached hydrogens (tertiary/aromatic N) is 3. The summed E-state index contributed by atoms with van der Waals surface area (Å²) in [7, 11) is 0. The second-order valence-corrected chi connectivity index (χ2v) is 16.8. The molecule has 0 fully saturated rings. The van der Waals surface area contributed by atoms with Crippen molar-refractivity contribution in [3.05, 3.63) is 211 Å². The Kier molecular flexibility index (Phi) is 7.56. The van der Waals surface area contributed by atoms with E-state index < -0.39 is 0 Å². The van der Waals surface area contributed by atoms with Gasteiger partial charge in [-0.05, 0) is 135 Å². The SMILES string of the molecule is C/C=C(\C)n1c(=O)c2cc3c(cc2c2cc4c5ccccc5n(-c5ccccc5)c4cc21)c1cc(-c2ccc4c5ccccc5c5ccccc5c4c2)ccc1n3-c1ccccc1. The van der Waals surface area contributed by atoms with E-state index in [2.05, 4.69) is 203 Å². The fourth-order valence-electron chi connectivity index (χ4n) is 10.6. The number of pyridine rings is 1. The van der Waals surface area contributed by atoms with Gasteiger partial charge >= 0.3 is 0 Å². The molecular formula is C59H39N3O. The molecule has 13 rings (SSSR count). The molecule has 13 aromatic rings. The predicted octanol–water partition coefficient (Wildman–Crippen LogP) is 15.4. The van der Waals surface area contributed by atoms with E-state index in [0.29, 0.717) is 5.39 Å². The number of allylic oxidation sites excluding steroid dienone is 2. The zero-order valence-electron chi connectivity index (χ0n) is 34.8. The lowest BCUT2D eigenvalue weighted by Gasteiger charge is -2.16. The average molecular weight is 806 g/mol. The molecule has 0 saturated heterocycles. The van der Waals surface area contributed by atoms with Gasteiger partial charge in [-0.15, -0.1) is 0 Å². The molecule has 0 aliphatic heterocycles. The van der Waals surface area contributed by atoms with E-state index in [0.717, 1.165) is 77.1 Å². The van der Waals surface area contributed by atoms with Gasteiger partial charge in [-0.3, -0.25) is 9.36 Å². The Morgan fingerprint density at radius 2 is 0.778 bits per heavy atom. The van der Waals surface area contributed by atoms with E-state index in [9.17, 15) is 0 Å². The van der Waals surface area contributed by atoms with Gasteiger partial charge in [0.05, 0.1) is 33.0 Å². The van der Waals surface area contributed by atoms with Gasteiger partial charge in [-0.2, -0.15) is 0 Å². The zero-order chi connectivity index (χ0) is 41.9. The average Bonchev–Trinajstić information content (AvgIpc) is 3.84. The molecule has 0 aliphatic rings. The Hall–Kier alpha value is -8.21. The molecule has 0 spiro atoms. The Labute approximate surface area is 362 Å². The summed E-state index contributed by atoms with van der Waals surface area (Å²) in [6.07, 6.45) is 2.03. The third kappa shape index (κ3) is 5.06. The minimum absolute atomic E-state index is 0.0295. The van der Waals surface area contributed by atoms with Crippen LogP contribution in [-0.4, -0.2) is 13.7 Å². The summed E-state index contributed by atoms with van der Waals surface area (Å²) in [5, 5.41) is 14.8. The van der Waals surface area contributed by atoms with Crippen molar-refractivity contribution in [3.8, 4) is 22.5 Å². The lowest BCUT2D eigenvalue weighted by Crippen LogP contribution is -2.19. The number of para-hydroxylation sites is 3. The van der Waals surface area contributed by atoms with Crippen molar-refractivity contribution >= 4 is 103 Å². The van der Waals surface area contributed by atoms with Crippen molar-refractivity contribution in [3.63, 3.8) is 0 Å². The Morgan fingerprint density at radius 1 is 0.349 bits per heavy atom.